The van der Waals surface area contributed by atoms with Crippen molar-refractivity contribution in [2.75, 3.05) is 50.8 Å². The molecule has 0 spiro atoms. The zero-order chi connectivity index (χ0) is 22.0. The summed E-state index contributed by atoms with van der Waals surface area (Å²) in [6.07, 6.45) is 2.50. The Bertz CT molecular complexity index is 840. The Morgan fingerprint density at radius 2 is 1.73 bits per heavy atom. The van der Waals surface area contributed by atoms with Gasteiger partial charge in [0.1, 0.15) is 0 Å². The summed E-state index contributed by atoms with van der Waals surface area (Å²) in [6.45, 7) is 10.3. The SMILES string of the molecule is CCNC(=NCc1ccc(N2CCOCC2)cc1)NCC1CCCN1Cc1ccccc1.I. The summed E-state index contributed by atoms with van der Waals surface area (Å²) < 4.78 is 5.45. The van der Waals surface area contributed by atoms with E-state index in [1.165, 1.54) is 36.2 Å². The van der Waals surface area contributed by atoms with Gasteiger partial charge in [0, 0.05) is 44.5 Å². The third-order valence-corrected chi connectivity index (χ3v) is 6.31. The molecule has 2 N–H and O–H groups in total. The zero-order valence-electron chi connectivity index (χ0n) is 19.7. The van der Waals surface area contributed by atoms with Gasteiger partial charge in [-0.3, -0.25) is 4.90 Å². The van der Waals surface area contributed by atoms with Gasteiger partial charge in [0.05, 0.1) is 19.8 Å². The highest BCUT2D eigenvalue weighted by Gasteiger charge is 2.24. The largest absolute Gasteiger partial charge is 0.378 e. The molecule has 0 aromatic heterocycles. The Kier molecular flexibility index (Phi) is 10.8. The second-order valence-electron chi connectivity index (χ2n) is 8.59. The van der Waals surface area contributed by atoms with E-state index >= 15 is 0 Å². The topological polar surface area (TPSA) is 52.1 Å². The number of nitrogens with zero attached hydrogens (tertiary/aromatic N) is 3. The lowest BCUT2D eigenvalue weighted by molar-refractivity contribution is 0.122. The fourth-order valence-electron chi connectivity index (χ4n) is 4.51. The summed E-state index contributed by atoms with van der Waals surface area (Å²) in [6, 6.07) is 20.1. The maximum Gasteiger partial charge on any atom is 0.191 e. The quantitative estimate of drug-likeness (QED) is 0.291. The number of benzene rings is 2. The standard InChI is InChI=1S/C26H37N5O.HI/c1-2-27-26(28-19-22-10-12-24(13-11-22)30-15-17-32-18-16-30)29-20-25-9-6-14-31(25)21-23-7-4-3-5-8-23;/h3-5,7-8,10-13,25H,2,6,9,14-21H2,1H3,(H2,27,28,29);1H. The van der Waals surface area contributed by atoms with E-state index in [0.29, 0.717) is 12.6 Å². The van der Waals surface area contributed by atoms with E-state index in [4.69, 9.17) is 9.73 Å². The molecule has 6 nitrogen and oxygen atoms in total. The predicted octanol–water partition coefficient (Wildman–Crippen LogP) is 3.86. The molecular formula is C26H38IN5O. The second-order valence-corrected chi connectivity index (χ2v) is 8.59. The number of hydrogen-bond donors (Lipinski definition) is 2. The van der Waals surface area contributed by atoms with Gasteiger partial charge in [-0.2, -0.15) is 0 Å². The fraction of sp³-hybridized carbons (Fsp3) is 0.500. The Balaban J connectivity index is 0.00000306. The highest BCUT2D eigenvalue weighted by atomic mass is 127. The summed E-state index contributed by atoms with van der Waals surface area (Å²) in [5, 5.41) is 6.99. The van der Waals surface area contributed by atoms with Crippen LogP contribution in [0.1, 0.15) is 30.9 Å². The van der Waals surface area contributed by atoms with Crippen molar-refractivity contribution in [1.82, 2.24) is 15.5 Å². The lowest BCUT2D eigenvalue weighted by Crippen LogP contribution is -2.44. The first-order chi connectivity index (χ1) is 15.8. The van der Waals surface area contributed by atoms with Crippen molar-refractivity contribution in [3.05, 3.63) is 65.7 Å². The van der Waals surface area contributed by atoms with Crippen molar-refractivity contribution in [1.29, 1.82) is 0 Å². The van der Waals surface area contributed by atoms with Crippen LogP contribution in [0.15, 0.2) is 59.6 Å². The first-order valence-corrected chi connectivity index (χ1v) is 12.0. The summed E-state index contributed by atoms with van der Waals surface area (Å²) >= 11 is 0. The predicted molar refractivity (Wildman–Crippen MR) is 148 cm³/mol. The Labute approximate surface area is 215 Å². The molecule has 0 saturated carbocycles. The number of nitrogens with one attached hydrogen (secondary N) is 2. The van der Waals surface area contributed by atoms with Crippen LogP contribution in [0.4, 0.5) is 5.69 Å². The number of halogens is 1. The fourth-order valence-corrected chi connectivity index (χ4v) is 4.51. The lowest BCUT2D eigenvalue weighted by Gasteiger charge is -2.28. The van der Waals surface area contributed by atoms with Gasteiger partial charge in [-0.05, 0) is 49.6 Å². The third-order valence-electron chi connectivity index (χ3n) is 6.31. The van der Waals surface area contributed by atoms with Crippen LogP contribution in [0, 0.1) is 0 Å². The summed E-state index contributed by atoms with van der Waals surface area (Å²) in [7, 11) is 0. The highest BCUT2D eigenvalue weighted by Crippen LogP contribution is 2.20. The minimum Gasteiger partial charge on any atom is -0.378 e. The molecule has 0 radical (unpaired) electrons. The summed E-state index contributed by atoms with van der Waals surface area (Å²) in [5.41, 5.74) is 3.89. The van der Waals surface area contributed by atoms with Crippen molar-refractivity contribution >= 4 is 35.6 Å². The molecule has 0 bridgehead atoms. The molecule has 7 heteroatoms. The number of likely N-dealkylation sites (tertiary alicyclic amines) is 1. The van der Waals surface area contributed by atoms with Crippen molar-refractivity contribution in [3.8, 4) is 0 Å². The summed E-state index contributed by atoms with van der Waals surface area (Å²) in [4.78, 5) is 9.81. The van der Waals surface area contributed by atoms with Crippen molar-refractivity contribution in [2.24, 2.45) is 4.99 Å². The van der Waals surface area contributed by atoms with Gasteiger partial charge in [-0.25, -0.2) is 4.99 Å². The molecule has 33 heavy (non-hydrogen) atoms. The van der Waals surface area contributed by atoms with Crippen LogP contribution in [0.3, 0.4) is 0 Å². The number of guanidine groups is 1. The molecule has 2 saturated heterocycles. The first-order valence-electron chi connectivity index (χ1n) is 12.0. The van der Waals surface area contributed by atoms with Crippen LogP contribution < -0.4 is 15.5 Å². The first kappa shape index (κ1) is 25.8. The molecule has 4 rings (SSSR count). The minimum absolute atomic E-state index is 0. The molecule has 1 unspecified atom stereocenters. The van der Waals surface area contributed by atoms with Crippen LogP contribution in [-0.2, 0) is 17.8 Å². The normalized spacial score (nSPS) is 19.2. The molecule has 2 aliphatic heterocycles. The maximum absolute atomic E-state index is 5.45. The third kappa shape index (κ3) is 7.86. The molecule has 0 amide bonds. The van der Waals surface area contributed by atoms with Gasteiger partial charge < -0.3 is 20.3 Å². The highest BCUT2D eigenvalue weighted by molar-refractivity contribution is 14.0. The van der Waals surface area contributed by atoms with E-state index in [-0.39, 0.29) is 24.0 Å². The molecular weight excluding hydrogens is 525 g/mol. The molecule has 2 aliphatic rings. The Morgan fingerprint density at radius 3 is 2.45 bits per heavy atom. The van der Waals surface area contributed by atoms with E-state index in [9.17, 15) is 0 Å². The zero-order valence-corrected chi connectivity index (χ0v) is 22.0. The second kappa shape index (κ2) is 13.8. The number of morpholine rings is 1. The van der Waals surface area contributed by atoms with Crippen LogP contribution in [-0.4, -0.2) is 62.8 Å². The van der Waals surface area contributed by atoms with Crippen molar-refractivity contribution < 1.29 is 4.74 Å². The molecule has 180 valence electrons. The minimum atomic E-state index is 0. The van der Waals surface area contributed by atoms with E-state index in [1.54, 1.807) is 0 Å². The van der Waals surface area contributed by atoms with Crippen LogP contribution in [0.25, 0.3) is 0 Å². The van der Waals surface area contributed by atoms with E-state index < -0.39 is 0 Å². The van der Waals surface area contributed by atoms with Gasteiger partial charge in [-0.1, -0.05) is 42.5 Å². The van der Waals surface area contributed by atoms with Gasteiger partial charge in [0.15, 0.2) is 5.96 Å². The van der Waals surface area contributed by atoms with Crippen LogP contribution in [0.2, 0.25) is 0 Å². The lowest BCUT2D eigenvalue weighted by atomic mass is 10.2. The molecule has 2 aromatic carbocycles. The molecule has 2 fully saturated rings. The summed E-state index contributed by atoms with van der Waals surface area (Å²) in [5.74, 6) is 0.899. The van der Waals surface area contributed by atoms with Gasteiger partial charge in [0.2, 0.25) is 0 Å². The van der Waals surface area contributed by atoms with Crippen molar-refractivity contribution in [3.63, 3.8) is 0 Å². The number of hydrogen-bond acceptors (Lipinski definition) is 4. The van der Waals surface area contributed by atoms with Gasteiger partial charge >= 0.3 is 0 Å². The van der Waals surface area contributed by atoms with Gasteiger partial charge in [-0.15, -0.1) is 24.0 Å². The smallest absolute Gasteiger partial charge is 0.191 e. The molecule has 1 atom stereocenters. The van der Waals surface area contributed by atoms with Crippen LogP contribution >= 0.6 is 24.0 Å². The average Bonchev–Trinajstić information content (AvgIpc) is 3.29. The Hall–Kier alpha value is -1.84. The number of ether oxygens (including phenoxy) is 1. The maximum atomic E-state index is 5.45. The monoisotopic (exact) mass is 563 g/mol. The Morgan fingerprint density at radius 1 is 0.970 bits per heavy atom. The average molecular weight is 564 g/mol. The van der Waals surface area contributed by atoms with Crippen LogP contribution in [0.5, 0.6) is 0 Å². The number of aliphatic imine (C=N–C) groups is 1. The number of anilines is 1. The number of rotatable bonds is 8. The van der Waals surface area contributed by atoms with E-state index in [0.717, 1.165) is 51.9 Å². The molecule has 2 aromatic rings. The molecule has 0 aliphatic carbocycles. The van der Waals surface area contributed by atoms with Gasteiger partial charge in [0.25, 0.3) is 0 Å². The van der Waals surface area contributed by atoms with E-state index in [1.807, 2.05) is 0 Å². The van der Waals surface area contributed by atoms with Crippen molar-refractivity contribution in [2.45, 2.75) is 38.9 Å². The van der Waals surface area contributed by atoms with E-state index in [2.05, 4.69) is 82.0 Å². The molecule has 2 heterocycles.